The topological polar surface area (TPSA) is 123 Å². The molecule has 1 amide bonds. The van der Waals surface area contributed by atoms with Crippen LogP contribution in [0.4, 0.5) is 21.6 Å². The number of halogens is 1. The molecule has 0 saturated heterocycles. The van der Waals surface area contributed by atoms with Crippen LogP contribution in [-0.4, -0.2) is 34.9 Å². The Kier molecular flexibility index (Phi) is 10.3. The first-order valence-electron chi connectivity index (χ1n) is 12.9. The van der Waals surface area contributed by atoms with E-state index in [1.807, 2.05) is 13.8 Å². The van der Waals surface area contributed by atoms with Gasteiger partial charge in [-0.3, -0.25) is 18.9 Å². The van der Waals surface area contributed by atoms with Crippen molar-refractivity contribution in [3.8, 4) is 17.2 Å². The molecule has 1 atom stereocenters. The monoisotopic (exact) mass is 573 g/mol. The largest absolute Gasteiger partial charge is 0.491 e. The van der Waals surface area contributed by atoms with E-state index < -0.39 is 28.5 Å². The molecule has 1 saturated carbocycles. The van der Waals surface area contributed by atoms with Crippen molar-refractivity contribution >= 4 is 34.3 Å². The second-order valence-electron chi connectivity index (χ2n) is 8.91. The van der Waals surface area contributed by atoms with Crippen LogP contribution in [0.3, 0.4) is 0 Å². The van der Waals surface area contributed by atoms with Gasteiger partial charge < -0.3 is 20.1 Å². The number of anilines is 3. The van der Waals surface area contributed by atoms with E-state index in [0.29, 0.717) is 5.69 Å². The summed E-state index contributed by atoms with van der Waals surface area (Å²) in [4.78, 5) is 26.8. The SMILES string of the molecule is CC.CNS(=O)Nc1cccc(Oc2c(C(=O)NC3CC3)c(Nc3ccc(C)cc3F)n(C)c(=O)c2C)c1OC. The van der Waals surface area contributed by atoms with Gasteiger partial charge in [-0.15, -0.1) is 0 Å². The van der Waals surface area contributed by atoms with Gasteiger partial charge in [0.15, 0.2) is 28.4 Å². The first-order chi connectivity index (χ1) is 19.1. The molecular weight excluding hydrogens is 537 g/mol. The van der Waals surface area contributed by atoms with Crippen LogP contribution >= 0.6 is 0 Å². The number of rotatable bonds is 10. The van der Waals surface area contributed by atoms with Crippen LogP contribution in [0.5, 0.6) is 17.2 Å². The highest BCUT2D eigenvalue weighted by Crippen LogP contribution is 2.41. The number of hydrogen-bond donors (Lipinski definition) is 4. The van der Waals surface area contributed by atoms with E-state index in [-0.39, 0.29) is 45.9 Å². The number of pyridine rings is 1. The lowest BCUT2D eigenvalue weighted by Gasteiger charge is -2.22. The second kappa shape index (κ2) is 13.4. The van der Waals surface area contributed by atoms with E-state index >= 15 is 0 Å². The predicted molar refractivity (Wildman–Crippen MR) is 157 cm³/mol. The number of benzene rings is 2. The highest BCUT2D eigenvalue weighted by molar-refractivity contribution is 7.84. The lowest BCUT2D eigenvalue weighted by molar-refractivity contribution is 0.0948. The molecule has 40 heavy (non-hydrogen) atoms. The standard InChI is InChI=1S/C26H30FN5O5S.C2H6/c1-14-9-12-18(17(27)13-14)30-24-21(25(33)29-16-10-11-16)22(15(2)26(34)32(24)4)37-20-8-6-7-19(23(20)36-5)31-38(35)28-3;1-2/h6-9,12-13,16,28,30-31H,10-11H2,1-5H3,(H,29,33);1-2H3. The first-order valence-corrected chi connectivity index (χ1v) is 14.1. The van der Waals surface area contributed by atoms with Crippen LogP contribution in [0.25, 0.3) is 0 Å². The second-order valence-corrected chi connectivity index (χ2v) is 10.1. The molecule has 12 heteroatoms. The Morgan fingerprint density at radius 2 is 1.80 bits per heavy atom. The summed E-state index contributed by atoms with van der Waals surface area (Å²) in [7, 11) is 4.44. The van der Waals surface area contributed by atoms with Crippen LogP contribution in [0.1, 0.15) is 48.2 Å². The van der Waals surface area contributed by atoms with Crippen molar-refractivity contribution in [1.82, 2.24) is 14.6 Å². The van der Waals surface area contributed by atoms with E-state index in [2.05, 4.69) is 20.1 Å². The number of nitrogens with zero attached hydrogens (tertiary/aromatic N) is 1. The number of carbonyl (C=O) groups is 1. The zero-order valence-corrected chi connectivity index (χ0v) is 24.5. The third kappa shape index (κ3) is 6.80. The maximum absolute atomic E-state index is 14.8. The van der Waals surface area contributed by atoms with Gasteiger partial charge in [0.25, 0.3) is 11.5 Å². The number of carbonyl (C=O) groups excluding carboxylic acids is 1. The third-order valence-corrected chi connectivity index (χ3v) is 6.84. The van der Waals surface area contributed by atoms with E-state index in [0.717, 1.165) is 18.4 Å². The van der Waals surface area contributed by atoms with Crippen LogP contribution < -0.4 is 35.1 Å². The summed E-state index contributed by atoms with van der Waals surface area (Å²) in [5.74, 6) is -0.556. The maximum Gasteiger partial charge on any atom is 0.259 e. The molecule has 0 bridgehead atoms. The fourth-order valence-electron chi connectivity index (χ4n) is 3.88. The van der Waals surface area contributed by atoms with Gasteiger partial charge in [0.2, 0.25) is 0 Å². The zero-order chi connectivity index (χ0) is 29.6. The van der Waals surface area contributed by atoms with E-state index in [9.17, 15) is 18.2 Å². The Balaban J connectivity index is 0.00000216. The van der Waals surface area contributed by atoms with Gasteiger partial charge >= 0.3 is 0 Å². The Morgan fingerprint density at radius 1 is 1.10 bits per heavy atom. The molecule has 0 aliphatic heterocycles. The maximum atomic E-state index is 14.8. The van der Waals surface area contributed by atoms with Gasteiger partial charge in [0.05, 0.1) is 24.0 Å². The number of amides is 1. The summed E-state index contributed by atoms with van der Waals surface area (Å²) < 4.78 is 45.1. The number of nitrogens with one attached hydrogen (secondary N) is 4. The van der Waals surface area contributed by atoms with Crippen molar-refractivity contribution in [2.75, 3.05) is 24.2 Å². The summed E-state index contributed by atoms with van der Waals surface area (Å²) in [5.41, 5.74) is 0.949. The minimum Gasteiger partial charge on any atom is -0.491 e. The van der Waals surface area contributed by atoms with Crippen molar-refractivity contribution in [1.29, 1.82) is 0 Å². The smallest absolute Gasteiger partial charge is 0.259 e. The molecule has 0 spiro atoms. The predicted octanol–water partition coefficient (Wildman–Crippen LogP) is 4.81. The summed E-state index contributed by atoms with van der Waals surface area (Å²) >= 11 is -1.60. The molecular formula is C28H36FN5O5S. The van der Waals surface area contributed by atoms with Crippen LogP contribution in [0, 0.1) is 19.7 Å². The van der Waals surface area contributed by atoms with Gasteiger partial charge in [0, 0.05) is 13.1 Å². The summed E-state index contributed by atoms with van der Waals surface area (Å²) in [6.45, 7) is 7.31. The summed E-state index contributed by atoms with van der Waals surface area (Å²) in [5, 5.41) is 5.87. The molecule has 4 N–H and O–H groups in total. The highest BCUT2D eigenvalue weighted by Gasteiger charge is 2.31. The molecule has 10 nitrogen and oxygen atoms in total. The molecule has 0 radical (unpaired) electrons. The Hall–Kier alpha value is -3.90. The fraction of sp³-hybridized carbons (Fsp3) is 0.357. The molecule has 1 heterocycles. The van der Waals surface area contributed by atoms with Crippen molar-refractivity contribution < 1.29 is 22.9 Å². The molecule has 1 fully saturated rings. The number of methoxy groups -OCH3 is 1. The molecule has 216 valence electrons. The van der Waals surface area contributed by atoms with E-state index in [1.165, 1.54) is 37.9 Å². The van der Waals surface area contributed by atoms with Crippen molar-refractivity contribution in [2.24, 2.45) is 7.05 Å². The van der Waals surface area contributed by atoms with Crippen molar-refractivity contribution in [2.45, 2.75) is 46.6 Å². The highest BCUT2D eigenvalue weighted by atomic mass is 32.2. The number of aromatic nitrogens is 1. The number of aryl methyl sites for hydroxylation is 1. The van der Waals surface area contributed by atoms with Gasteiger partial charge in [-0.2, -0.15) is 0 Å². The number of ether oxygens (including phenoxy) is 2. The van der Waals surface area contributed by atoms with Crippen LogP contribution in [-0.2, 0) is 18.2 Å². The van der Waals surface area contributed by atoms with Gasteiger partial charge in [-0.1, -0.05) is 26.0 Å². The first kappa shape index (κ1) is 30.6. The molecule has 1 aromatic heterocycles. The van der Waals surface area contributed by atoms with Crippen molar-refractivity contribution in [3.63, 3.8) is 0 Å². The molecule has 2 aromatic carbocycles. The average Bonchev–Trinajstić information content (AvgIpc) is 3.76. The molecule has 3 aromatic rings. The zero-order valence-electron chi connectivity index (χ0n) is 23.7. The van der Waals surface area contributed by atoms with Gasteiger partial charge in [0.1, 0.15) is 17.2 Å². The number of para-hydroxylation sites is 1. The Bertz CT molecular complexity index is 1470. The lowest BCUT2D eigenvalue weighted by Crippen LogP contribution is -2.31. The minimum absolute atomic E-state index is 0.00791. The molecule has 4 rings (SSSR count). The summed E-state index contributed by atoms with van der Waals surface area (Å²) in [6.07, 6.45) is 1.68. The van der Waals surface area contributed by atoms with Crippen LogP contribution in [0.15, 0.2) is 41.2 Å². The van der Waals surface area contributed by atoms with Gasteiger partial charge in [-0.25, -0.2) is 13.3 Å². The lowest BCUT2D eigenvalue weighted by atomic mass is 10.1. The average molecular weight is 574 g/mol. The fourth-order valence-corrected chi connectivity index (χ4v) is 4.34. The Labute approximate surface area is 236 Å². The van der Waals surface area contributed by atoms with Crippen LogP contribution in [0.2, 0.25) is 0 Å². The van der Waals surface area contributed by atoms with E-state index in [1.54, 1.807) is 38.1 Å². The van der Waals surface area contributed by atoms with Gasteiger partial charge in [-0.05, 0) is 63.6 Å². The van der Waals surface area contributed by atoms with E-state index in [4.69, 9.17) is 9.47 Å². The molecule has 1 unspecified atom stereocenters. The quantitative estimate of drug-likeness (QED) is 0.276. The number of hydrogen-bond acceptors (Lipinski definition) is 6. The van der Waals surface area contributed by atoms with Crippen molar-refractivity contribution in [3.05, 3.63) is 69.3 Å². The Morgan fingerprint density at radius 3 is 2.40 bits per heavy atom. The molecule has 1 aliphatic rings. The normalized spacial score (nSPS) is 13.0. The minimum atomic E-state index is -1.60. The summed E-state index contributed by atoms with van der Waals surface area (Å²) in [6, 6.07) is 9.51. The molecule has 1 aliphatic carbocycles. The third-order valence-electron chi connectivity index (χ3n) is 6.07.